The van der Waals surface area contributed by atoms with Crippen LogP contribution in [0.1, 0.15) is 37.4 Å². The van der Waals surface area contributed by atoms with E-state index in [4.69, 9.17) is 14.2 Å². The Balaban J connectivity index is 1.76. The Hall–Kier alpha value is -3.56. The highest BCUT2D eigenvalue weighted by Crippen LogP contribution is 2.42. The number of carbonyl (C=O) groups is 2. The molecule has 9 nitrogen and oxygen atoms in total. The first kappa shape index (κ1) is 26.5. The molecule has 2 aliphatic heterocycles. The van der Waals surface area contributed by atoms with Crippen molar-refractivity contribution in [3.05, 3.63) is 59.2 Å². The Morgan fingerprint density at radius 3 is 2.57 bits per heavy atom. The number of benzene rings is 2. The lowest BCUT2D eigenvalue weighted by atomic mass is 9.95. The van der Waals surface area contributed by atoms with Crippen LogP contribution in [0.5, 0.6) is 17.2 Å². The van der Waals surface area contributed by atoms with Crippen molar-refractivity contribution in [2.45, 2.75) is 26.3 Å². The molecule has 1 atom stereocenters. The van der Waals surface area contributed by atoms with E-state index in [0.29, 0.717) is 49.8 Å². The topological polar surface area (TPSA) is 109 Å². The van der Waals surface area contributed by atoms with Crippen molar-refractivity contribution < 1.29 is 34.0 Å². The first-order valence-electron chi connectivity index (χ1n) is 12.7. The number of aliphatic hydroxyl groups is 1. The molecular formula is C28H34N2O7. The van der Waals surface area contributed by atoms with Gasteiger partial charge in [0.1, 0.15) is 11.5 Å². The van der Waals surface area contributed by atoms with Gasteiger partial charge in [-0.05, 0) is 43.2 Å². The van der Waals surface area contributed by atoms with Crippen molar-refractivity contribution in [1.29, 1.82) is 0 Å². The number of rotatable bonds is 10. The largest absolute Gasteiger partial charge is 0.507 e. The molecule has 2 aromatic carbocycles. The Morgan fingerprint density at radius 2 is 1.84 bits per heavy atom. The minimum Gasteiger partial charge on any atom is -0.507 e. The minimum absolute atomic E-state index is 0.00671. The summed E-state index contributed by atoms with van der Waals surface area (Å²) in [7, 11) is 0. The number of ether oxygens (including phenoxy) is 3. The van der Waals surface area contributed by atoms with Crippen molar-refractivity contribution in [2.24, 2.45) is 0 Å². The van der Waals surface area contributed by atoms with Crippen molar-refractivity contribution in [3.8, 4) is 17.2 Å². The lowest BCUT2D eigenvalue weighted by Gasteiger charge is -2.31. The fourth-order valence-electron chi connectivity index (χ4n) is 4.61. The van der Waals surface area contributed by atoms with Gasteiger partial charge in [-0.15, -0.1) is 0 Å². The van der Waals surface area contributed by atoms with Crippen LogP contribution in [0.3, 0.4) is 0 Å². The maximum atomic E-state index is 13.3. The highest BCUT2D eigenvalue weighted by molar-refractivity contribution is 6.46. The van der Waals surface area contributed by atoms with Crippen LogP contribution in [0, 0.1) is 0 Å². The van der Waals surface area contributed by atoms with E-state index in [0.717, 1.165) is 19.5 Å². The fourth-order valence-corrected chi connectivity index (χ4v) is 4.61. The third-order valence-corrected chi connectivity index (χ3v) is 6.48. The van der Waals surface area contributed by atoms with E-state index in [2.05, 4.69) is 4.90 Å². The summed E-state index contributed by atoms with van der Waals surface area (Å²) in [5.74, 6) is -0.942. The number of Topliss-reactive ketones (excluding diaryl/α,β-unsaturated/α-hetero) is 1. The van der Waals surface area contributed by atoms with Gasteiger partial charge >= 0.3 is 0 Å². The molecule has 2 aromatic rings. The van der Waals surface area contributed by atoms with Crippen molar-refractivity contribution in [1.82, 2.24) is 9.80 Å². The van der Waals surface area contributed by atoms with E-state index in [-0.39, 0.29) is 29.4 Å². The molecule has 1 unspecified atom stereocenters. The summed E-state index contributed by atoms with van der Waals surface area (Å²) in [6.45, 7) is 8.22. The number of morpholine rings is 1. The molecule has 2 aliphatic rings. The number of carbonyl (C=O) groups excluding carboxylic acids is 2. The van der Waals surface area contributed by atoms with E-state index in [1.54, 1.807) is 43.3 Å². The van der Waals surface area contributed by atoms with Crippen LogP contribution in [-0.4, -0.2) is 84.3 Å². The number of hydrogen-bond donors (Lipinski definition) is 2. The molecule has 2 N–H and O–H groups in total. The van der Waals surface area contributed by atoms with Crippen molar-refractivity contribution in [2.75, 3.05) is 52.6 Å². The zero-order valence-electron chi connectivity index (χ0n) is 21.3. The van der Waals surface area contributed by atoms with Gasteiger partial charge in [-0.3, -0.25) is 14.5 Å². The zero-order valence-corrected chi connectivity index (χ0v) is 21.3. The summed E-state index contributed by atoms with van der Waals surface area (Å²) in [5.41, 5.74) is 0.934. The lowest BCUT2D eigenvalue weighted by molar-refractivity contribution is -0.140. The molecular weight excluding hydrogens is 476 g/mol. The fraction of sp³-hybridized carbons (Fsp3) is 0.429. The minimum atomic E-state index is -0.846. The van der Waals surface area contributed by atoms with Crippen LogP contribution >= 0.6 is 0 Å². The van der Waals surface area contributed by atoms with Crippen LogP contribution in [0.2, 0.25) is 0 Å². The number of phenolic OH excluding ortho intramolecular Hbond substituents is 1. The molecule has 0 saturated carbocycles. The zero-order chi connectivity index (χ0) is 26.4. The van der Waals surface area contributed by atoms with Gasteiger partial charge in [0, 0.05) is 31.7 Å². The molecule has 9 heteroatoms. The third kappa shape index (κ3) is 5.89. The standard InChI is InChI=1S/C28H34N2O7/c1-3-14-37-21-7-5-6-20(17-21)26(32)24-25(19-8-9-22(31)23(18-19)36-4-2)30(28(34)27(24)33)11-10-29-12-15-35-16-13-29/h5-9,17-18,25,31-32H,3-4,10-16H2,1-2H3/b26-24+. The molecule has 37 heavy (non-hydrogen) atoms. The first-order chi connectivity index (χ1) is 17.9. The summed E-state index contributed by atoms with van der Waals surface area (Å²) in [5, 5.41) is 21.6. The molecule has 1 amide bonds. The average Bonchev–Trinajstić information content (AvgIpc) is 3.17. The van der Waals surface area contributed by atoms with Gasteiger partial charge < -0.3 is 29.3 Å². The smallest absolute Gasteiger partial charge is 0.295 e. The number of hydrogen-bond acceptors (Lipinski definition) is 8. The molecule has 0 aliphatic carbocycles. The average molecular weight is 511 g/mol. The second-order valence-corrected chi connectivity index (χ2v) is 8.98. The number of amides is 1. The summed E-state index contributed by atoms with van der Waals surface area (Å²) >= 11 is 0. The predicted molar refractivity (Wildman–Crippen MR) is 138 cm³/mol. The SMILES string of the molecule is CCCOc1cccc(/C(O)=C2\C(=O)C(=O)N(CCN3CCOCC3)C2c2ccc(O)c(OCC)c2)c1. The van der Waals surface area contributed by atoms with E-state index in [9.17, 15) is 19.8 Å². The van der Waals surface area contributed by atoms with Crippen molar-refractivity contribution in [3.63, 3.8) is 0 Å². The Kier molecular flexibility index (Phi) is 8.68. The predicted octanol–water partition coefficient (Wildman–Crippen LogP) is 3.33. The Bertz CT molecular complexity index is 1160. The van der Waals surface area contributed by atoms with E-state index < -0.39 is 17.7 Å². The molecule has 2 heterocycles. The van der Waals surface area contributed by atoms with Crippen LogP contribution in [0.4, 0.5) is 0 Å². The highest BCUT2D eigenvalue weighted by atomic mass is 16.5. The molecule has 0 spiro atoms. The number of aromatic hydroxyl groups is 1. The quantitative estimate of drug-likeness (QED) is 0.285. The maximum absolute atomic E-state index is 13.3. The van der Waals surface area contributed by atoms with Gasteiger partial charge in [-0.1, -0.05) is 25.1 Å². The van der Waals surface area contributed by atoms with Crippen LogP contribution < -0.4 is 9.47 Å². The van der Waals surface area contributed by atoms with Crippen LogP contribution in [-0.2, 0) is 14.3 Å². The maximum Gasteiger partial charge on any atom is 0.295 e. The Labute approximate surface area is 216 Å². The molecule has 0 aromatic heterocycles. The molecule has 2 fully saturated rings. The normalized spacial score (nSPS) is 19.8. The van der Waals surface area contributed by atoms with E-state index >= 15 is 0 Å². The first-order valence-corrected chi connectivity index (χ1v) is 12.7. The molecule has 2 saturated heterocycles. The second kappa shape index (κ2) is 12.1. The number of phenols is 1. The van der Waals surface area contributed by atoms with Gasteiger partial charge in [0.25, 0.3) is 11.7 Å². The highest BCUT2D eigenvalue weighted by Gasteiger charge is 2.46. The van der Waals surface area contributed by atoms with Gasteiger partial charge in [-0.2, -0.15) is 0 Å². The second-order valence-electron chi connectivity index (χ2n) is 8.98. The molecule has 198 valence electrons. The summed E-state index contributed by atoms with van der Waals surface area (Å²) in [4.78, 5) is 30.3. The van der Waals surface area contributed by atoms with Crippen LogP contribution in [0.15, 0.2) is 48.0 Å². The van der Waals surface area contributed by atoms with Crippen LogP contribution in [0.25, 0.3) is 5.76 Å². The van der Waals surface area contributed by atoms with E-state index in [1.807, 2.05) is 6.92 Å². The lowest BCUT2D eigenvalue weighted by Crippen LogP contribution is -2.42. The summed E-state index contributed by atoms with van der Waals surface area (Å²) in [6.07, 6.45) is 0.827. The summed E-state index contributed by atoms with van der Waals surface area (Å²) < 4.78 is 16.7. The summed E-state index contributed by atoms with van der Waals surface area (Å²) in [6, 6.07) is 10.7. The Morgan fingerprint density at radius 1 is 1.05 bits per heavy atom. The number of likely N-dealkylation sites (tertiary alicyclic amines) is 1. The number of nitrogens with zero attached hydrogens (tertiary/aromatic N) is 2. The van der Waals surface area contributed by atoms with Gasteiger partial charge in [0.05, 0.1) is 38.0 Å². The molecule has 4 rings (SSSR count). The van der Waals surface area contributed by atoms with Crippen molar-refractivity contribution >= 4 is 17.4 Å². The van der Waals surface area contributed by atoms with Gasteiger partial charge in [0.2, 0.25) is 0 Å². The third-order valence-electron chi connectivity index (χ3n) is 6.48. The van der Waals surface area contributed by atoms with E-state index in [1.165, 1.54) is 11.0 Å². The van der Waals surface area contributed by atoms with Gasteiger partial charge in [-0.25, -0.2) is 0 Å². The van der Waals surface area contributed by atoms with Gasteiger partial charge in [0.15, 0.2) is 11.5 Å². The molecule has 0 radical (unpaired) electrons. The number of aliphatic hydroxyl groups excluding tert-OH is 1. The molecule has 0 bridgehead atoms. The number of ketones is 1. The monoisotopic (exact) mass is 510 g/mol.